The minimum Gasteiger partial charge on any atom is -0.302 e. The van der Waals surface area contributed by atoms with Crippen LogP contribution in [0.25, 0.3) is 33.3 Å². The van der Waals surface area contributed by atoms with Crippen LogP contribution in [0.3, 0.4) is 0 Å². The quantitative estimate of drug-likeness (QED) is 0.111. The van der Waals surface area contributed by atoms with Gasteiger partial charge in [0.05, 0.1) is 27.9 Å². The lowest BCUT2D eigenvalue weighted by Crippen LogP contribution is -2.67. The second-order valence-electron chi connectivity index (χ2n) is 28.8. The number of hydrogen-bond acceptors (Lipinski definition) is 2. The molecule has 7 aromatic carbocycles. The molecule has 4 atom stereocenters. The number of allylic oxidation sites excluding steroid dienone is 6. The summed E-state index contributed by atoms with van der Waals surface area (Å²) in [6.45, 7) is 33.4. The van der Waals surface area contributed by atoms with Crippen molar-refractivity contribution in [3.8, 4) is 22.3 Å². The van der Waals surface area contributed by atoms with E-state index < -0.39 is 10.8 Å². The van der Waals surface area contributed by atoms with Gasteiger partial charge in [0.2, 0.25) is 12.7 Å². The third kappa shape index (κ3) is 5.44. The molecule has 8 aliphatic rings. The second kappa shape index (κ2) is 14.2. The van der Waals surface area contributed by atoms with Crippen LogP contribution in [0, 0.1) is 31.1 Å². The molecule has 0 N–H and O–H groups in total. The summed E-state index contributed by atoms with van der Waals surface area (Å²) in [5, 5.41) is 0. The lowest BCUT2D eigenvalue weighted by Gasteiger charge is -2.59. The number of rotatable bonds is 0. The molecule has 77 heavy (non-hydrogen) atoms. The molecule has 4 unspecified atom stereocenters. The van der Waals surface area contributed by atoms with E-state index in [1.807, 2.05) is 0 Å². The highest BCUT2D eigenvalue weighted by atomic mass is 15.4. The molecule has 4 heteroatoms. The van der Waals surface area contributed by atoms with E-state index in [-0.39, 0.29) is 46.3 Å². The predicted octanol–water partition coefficient (Wildman–Crippen LogP) is 16.2. The van der Waals surface area contributed by atoms with Crippen LogP contribution in [0.4, 0.5) is 11.6 Å². The molecule has 16 rings (SSSR count). The Hall–Kier alpha value is -6.91. The van der Waals surface area contributed by atoms with Crippen LogP contribution in [0.15, 0.2) is 162 Å². The first-order valence-electron chi connectivity index (χ1n) is 28.8. The molecule has 0 amide bonds. The number of hydrogen-bond donors (Lipinski definition) is 0. The average molecular weight is 1000 g/mol. The molecule has 0 saturated carbocycles. The Balaban J connectivity index is 1.15. The first-order valence-corrected chi connectivity index (χ1v) is 28.8. The molecule has 1 aromatic heterocycles. The zero-order valence-electron chi connectivity index (χ0n) is 47.6. The maximum atomic E-state index is 5.93. The van der Waals surface area contributed by atoms with Gasteiger partial charge in [-0.2, -0.15) is 0 Å². The fourth-order valence-corrected chi connectivity index (χ4v) is 16.8. The van der Waals surface area contributed by atoms with E-state index in [0.29, 0.717) is 0 Å². The fourth-order valence-electron chi connectivity index (χ4n) is 16.8. The van der Waals surface area contributed by atoms with Crippen molar-refractivity contribution < 1.29 is 0 Å². The number of anilines is 2. The van der Waals surface area contributed by atoms with Gasteiger partial charge in [0.15, 0.2) is 0 Å². The van der Waals surface area contributed by atoms with Gasteiger partial charge < -0.3 is 4.57 Å². The molecule has 5 heterocycles. The van der Waals surface area contributed by atoms with Gasteiger partial charge in [-0.1, -0.05) is 215 Å². The summed E-state index contributed by atoms with van der Waals surface area (Å²) in [5.74, 6) is 1.52. The zero-order chi connectivity index (χ0) is 53.2. The molecule has 2 spiro atoms. The molecular formula is C73H70BN3. The van der Waals surface area contributed by atoms with Crippen molar-refractivity contribution >= 4 is 40.3 Å². The second-order valence-corrected chi connectivity index (χ2v) is 28.8. The summed E-state index contributed by atoms with van der Waals surface area (Å²) >= 11 is 0. The van der Waals surface area contributed by atoms with E-state index in [4.69, 9.17) is 4.98 Å². The van der Waals surface area contributed by atoms with Gasteiger partial charge in [-0.05, 0) is 172 Å². The normalized spacial score (nSPS) is 22.2. The van der Waals surface area contributed by atoms with Crippen molar-refractivity contribution in [1.29, 1.82) is 0 Å². The average Bonchev–Trinajstić information content (AvgIpc) is 3.77. The SMILES string of the molecule is Cc1cc2nc3n(c2cc1C)C1C=C(C(C)(C)C)CC2C=C4C5=C(C21)N3c1cccc2c1B5c1c(cccc1C21c2cc(C(C)(C)C)ccc2-c2ccc(C(C)(C)C)cc21)C41c2ccccc2-c2ccc(C(C)(C)C)cc21. The first kappa shape index (κ1) is 46.2. The molecular weight excluding hydrogens is 930 g/mol. The van der Waals surface area contributed by atoms with E-state index in [2.05, 4.69) is 246 Å². The van der Waals surface area contributed by atoms with Gasteiger partial charge in [-0.25, -0.2) is 4.98 Å². The van der Waals surface area contributed by atoms with E-state index in [0.717, 1.165) is 17.9 Å². The Bertz CT molecular complexity index is 4110. The van der Waals surface area contributed by atoms with Crippen LogP contribution in [0.2, 0.25) is 0 Å². The van der Waals surface area contributed by atoms with Crippen LogP contribution in [0.1, 0.15) is 162 Å². The maximum Gasteiger partial charge on any atom is 0.247 e. The van der Waals surface area contributed by atoms with Crippen LogP contribution >= 0.6 is 0 Å². The topological polar surface area (TPSA) is 21.1 Å². The van der Waals surface area contributed by atoms with Crippen LogP contribution in [-0.4, -0.2) is 16.3 Å². The van der Waals surface area contributed by atoms with Gasteiger partial charge in [0.1, 0.15) is 0 Å². The highest BCUT2D eigenvalue weighted by Crippen LogP contribution is 2.69. The lowest BCUT2D eigenvalue weighted by molar-refractivity contribution is 0.281. The lowest BCUT2D eigenvalue weighted by atomic mass is 9.23. The van der Waals surface area contributed by atoms with Gasteiger partial charge in [0, 0.05) is 17.3 Å². The van der Waals surface area contributed by atoms with Gasteiger partial charge >= 0.3 is 0 Å². The summed E-state index contributed by atoms with van der Waals surface area (Å²) in [5.41, 5.74) is 33.4. The highest BCUT2D eigenvalue weighted by molar-refractivity contribution is 6.95. The van der Waals surface area contributed by atoms with Crippen LogP contribution in [-0.2, 0) is 27.1 Å². The molecule has 380 valence electrons. The Labute approximate surface area is 457 Å². The molecule has 8 aromatic rings. The molecule has 4 aliphatic carbocycles. The minimum absolute atomic E-state index is 0.00241. The molecule has 0 fully saturated rings. The third-order valence-corrected chi connectivity index (χ3v) is 20.6. The van der Waals surface area contributed by atoms with Gasteiger partial charge in [0.25, 0.3) is 0 Å². The van der Waals surface area contributed by atoms with Crippen molar-refractivity contribution in [2.45, 2.75) is 136 Å². The highest BCUT2D eigenvalue weighted by Gasteiger charge is 2.66. The fraction of sp³-hybridized carbons (Fsp3) is 0.329. The Morgan fingerprint density at radius 3 is 1.62 bits per heavy atom. The van der Waals surface area contributed by atoms with Gasteiger partial charge in [-0.3, -0.25) is 4.90 Å². The number of benzene rings is 7. The summed E-state index contributed by atoms with van der Waals surface area (Å²) < 4.78 is 2.70. The standard InChI is InChI=1S/C73H70BN3/c1-39-31-58-60(32-40(39)2)76-61-38-45(71(12,13)14)33-41-34-57-65-66(62(41)61)77(67(76)75-58)59-24-18-23-53-64(59)74(65)63-51(72(57)50-20-16-15-19-46(50)47-28-25-42(35-54(47)72)68(3,4)5)21-17-22-52(63)73(53)55-36-43(69(6,7)8)26-29-48(55)49-30-27-44(37-56(49)73)70(9,10)11/h15-32,34-38,41,61-62H,33H2,1-14H3. The molecule has 0 saturated heterocycles. The van der Waals surface area contributed by atoms with Crippen molar-refractivity contribution in [3.63, 3.8) is 0 Å². The van der Waals surface area contributed by atoms with E-state index in [9.17, 15) is 0 Å². The van der Waals surface area contributed by atoms with Crippen molar-refractivity contribution in [1.82, 2.24) is 9.55 Å². The molecule has 0 bridgehead atoms. The van der Waals surface area contributed by atoms with E-state index in [1.165, 1.54) is 128 Å². The Morgan fingerprint density at radius 2 is 1.03 bits per heavy atom. The number of nitrogens with zero attached hydrogens (tertiary/aromatic N) is 3. The number of aryl methyl sites for hydroxylation is 2. The summed E-state index contributed by atoms with van der Waals surface area (Å²) in [6.07, 6.45) is 6.63. The molecule has 0 radical (unpaired) electrons. The van der Waals surface area contributed by atoms with E-state index >= 15 is 0 Å². The molecule has 3 nitrogen and oxygen atoms in total. The van der Waals surface area contributed by atoms with Crippen molar-refractivity contribution in [2.24, 2.45) is 17.3 Å². The minimum atomic E-state index is -0.617. The zero-order valence-corrected chi connectivity index (χ0v) is 47.6. The summed E-state index contributed by atoms with van der Waals surface area (Å²) in [6, 6.07) is 52.3. The Morgan fingerprint density at radius 1 is 0.506 bits per heavy atom. The van der Waals surface area contributed by atoms with Gasteiger partial charge in [-0.15, -0.1) is 0 Å². The first-order chi connectivity index (χ1) is 36.5. The monoisotopic (exact) mass is 1000 g/mol. The smallest absolute Gasteiger partial charge is 0.247 e. The van der Waals surface area contributed by atoms with E-state index in [1.54, 1.807) is 5.57 Å². The number of aromatic nitrogens is 2. The number of imidazole rings is 1. The van der Waals surface area contributed by atoms with Crippen LogP contribution in [0.5, 0.6) is 0 Å². The molecule has 4 aliphatic heterocycles. The Kier molecular flexibility index (Phi) is 8.54. The summed E-state index contributed by atoms with van der Waals surface area (Å²) in [4.78, 5) is 8.69. The number of fused-ring (bicyclic) bond motifs is 20. The van der Waals surface area contributed by atoms with Crippen molar-refractivity contribution in [3.05, 3.63) is 229 Å². The third-order valence-electron chi connectivity index (χ3n) is 20.6. The van der Waals surface area contributed by atoms with Crippen LogP contribution < -0.4 is 15.8 Å². The van der Waals surface area contributed by atoms with Crippen molar-refractivity contribution in [2.75, 3.05) is 4.90 Å². The maximum absolute atomic E-state index is 5.93. The largest absolute Gasteiger partial charge is 0.302 e. The predicted molar refractivity (Wildman–Crippen MR) is 321 cm³/mol. The summed E-state index contributed by atoms with van der Waals surface area (Å²) in [7, 11) is 0.